The van der Waals surface area contributed by atoms with Gasteiger partial charge in [0, 0.05) is 17.8 Å². The molecule has 0 radical (unpaired) electrons. The van der Waals surface area contributed by atoms with Crippen molar-refractivity contribution >= 4 is 18.0 Å². The van der Waals surface area contributed by atoms with Crippen LogP contribution < -0.4 is 4.74 Å². The molecule has 0 N–H and O–H groups in total. The van der Waals surface area contributed by atoms with Crippen LogP contribution in [0.15, 0.2) is 17.1 Å². The fraction of sp³-hybridized carbons (Fsp3) is 0.500. The van der Waals surface area contributed by atoms with Crippen molar-refractivity contribution in [3.63, 3.8) is 0 Å². The highest BCUT2D eigenvalue weighted by Gasteiger charge is 2.36. The monoisotopic (exact) mass is 333 g/mol. The summed E-state index contributed by atoms with van der Waals surface area (Å²) in [4.78, 5) is 28.3. The molecule has 0 bridgehead atoms. The van der Waals surface area contributed by atoms with E-state index in [0.717, 1.165) is 11.1 Å². The molecule has 0 atom stereocenters. The van der Waals surface area contributed by atoms with Gasteiger partial charge in [0.15, 0.2) is 5.75 Å². The van der Waals surface area contributed by atoms with Crippen LogP contribution in [-0.4, -0.2) is 46.9 Å². The van der Waals surface area contributed by atoms with Crippen molar-refractivity contribution in [3.8, 4) is 5.75 Å². The second-order valence-corrected chi connectivity index (χ2v) is 6.87. The number of likely N-dealkylation sites (tertiary alicyclic amines) is 1. The van der Waals surface area contributed by atoms with Crippen LogP contribution in [0.1, 0.15) is 31.9 Å². The summed E-state index contributed by atoms with van der Waals surface area (Å²) in [5.41, 5.74) is 1.01. The molecule has 0 spiro atoms. The summed E-state index contributed by atoms with van der Waals surface area (Å²) in [5.74, 6) is 0.220. The quantitative estimate of drug-likeness (QED) is 0.626. The lowest BCUT2D eigenvalue weighted by Gasteiger charge is -2.39. The Morgan fingerprint density at radius 3 is 2.71 bits per heavy atom. The minimum atomic E-state index is -0.554. The fourth-order valence-corrected chi connectivity index (χ4v) is 2.53. The number of carbonyl (C=O) groups excluding carboxylic acids is 1. The average molecular weight is 333 g/mol. The topological polar surface area (TPSA) is 94.3 Å². The predicted molar refractivity (Wildman–Crippen MR) is 86.6 cm³/mol. The van der Waals surface area contributed by atoms with Crippen LogP contribution in [0.4, 0.5) is 10.5 Å². The van der Waals surface area contributed by atoms with Crippen LogP contribution in [0.3, 0.4) is 0 Å². The summed E-state index contributed by atoms with van der Waals surface area (Å²) in [7, 11) is 0. The van der Waals surface area contributed by atoms with Gasteiger partial charge in [-0.15, -0.1) is 0 Å². The number of benzene rings is 1. The Balaban J connectivity index is 1.64. The molecule has 0 aromatic heterocycles. The van der Waals surface area contributed by atoms with E-state index >= 15 is 0 Å². The van der Waals surface area contributed by atoms with Gasteiger partial charge in [-0.2, -0.15) is 0 Å². The van der Waals surface area contributed by atoms with Crippen LogP contribution in [-0.2, 0) is 11.3 Å². The van der Waals surface area contributed by atoms with Gasteiger partial charge in [-0.05, 0) is 32.4 Å². The Labute approximate surface area is 139 Å². The SMILES string of the molecule is CC(C)(C)OC(=O)N1CC(Oc2cc3c(cc2[N+](=O)[O-])C=NC3)C1. The van der Waals surface area contributed by atoms with Crippen LogP contribution in [0, 0.1) is 10.1 Å². The lowest BCUT2D eigenvalue weighted by atomic mass is 10.1. The number of nitro benzene ring substituents is 1. The highest BCUT2D eigenvalue weighted by atomic mass is 16.6. The number of carbonyl (C=O) groups is 1. The molecule has 1 aromatic rings. The molecule has 1 amide bonds. The van der Waals surface area contributed by atoms with E-state index in [1.807, 2.05) is 0 Å². The number of hydrogen-bond donors (Lipinski definition) is 0. The van der Waals surface area contributed by atoms with Gasteiger partial charge in [0.2, 0.25) is 0 Å². The van der Waals surface area contributed by atoms with Gasteiger partial charge in [-0.1, -0.05) is 0 Å². The van der Waals surface area contributed by atoms with E-state index in [4.69, 9.17) is 9.47 Å². The molecule has 8 heteroatoms. The number of nitrogens with zero attached hydrogens (tertiary/aromatic N) is 3. The summed E-state index contributed by atoms with van der Waals surface area (Å²) in [6.45, 7) is 6.59. The van der Waals surface area contributed by atoms with Crippen molar-refractivity contribution in [2.24, 2.45) is 4.99 Å². The number of fused-ring (bicyclic) bond motifs is 1. The van der Waals surface area contributed by atoms with Gasteiger partial charge in [0.25, 0.3) is 0 Å². The Morgan fingerprint density at radius 2 is 2.08 bits per heavy atom. The number of rotatable bonds is 3. The van der Waals surface area contributed by atoms with Gasteiger partial charge in [-0.25, -0.2) is 4.79 Å². The van der Waals surface area contributed by atoms with E-state index in [1.165, 1.54) is 11.0 Å². The van der Waals surface area contributed by atoms with Gasteiger partial charge >= 0.3 is 11.8 Å². The predicted octanol–water partition coefficient (Wildman–Crippen LogP) is 2.53. The largest absolute Gasteiger partial charge is 0.480 e. The van der Waals surface area contributed by atoms with Gasteiger partial charge in [0.05, 0.1) is 24.6 Å². The molecule has 128 valence electrons. The van der Waals surface area contributed by atoms with E-state index in [2.05, 4.69) is 4.99 Å². The summed E-state index contributed by atoms with van der Waals surface area (Å²) in [6, 6.07) is 3.14. The molecule has 0 saturated carbocycles. The number of ether oxygens (including phenoxy) is 2. The Bertz CT molecular complexity index is 717. The van der Waals surface area contributed by atoms with E-state index in [1.54, 1.807) is 33.1 Å². The third-order valence-electron chi connectivity index (χ3n) is 3.70. The highest BCUT2D eigenvalue weighted by molar-refractivity contribution is 5.86. The number of nitro groups is 1. The first-order valence-electron chi connectivity index (χ1n) is 7.68. The zero-order chi connectivity index (χ0) is 17.5. The second-order valence-electron chi connectivity index (χ2n) is 6.87. The Hall–Kier alpha value is -2.64. The minimum absolute atomic E-state index is 0.0854. The number of amides is 1. The lowest BCUT2D eigenvalue weighted by molar-refractivity contribution is -0.386. The van der Waals surface area contributed by atoms with Crippen LogP contribution in [0.25, 0.3) is 0 Å². The van der Waals surface area contributed by atoms with Crippen molar-refractivity contribution in [1.82, 2.24) is 4.90 Å². The smallest absolute Gasteiger partial charge is 0.410 e. The molecule has 2 aliphatic rings. The third-order valence-corrected chi connectivity index (χ3v) is 3.70. The normalized spacial score (nSPS) is 16.5. The molecular formula is C16H19N3O5. The summed E-state index contributed by atoms with van der Waals surface area (Å²) >= 11 is 0. The van der Waals surface area contributed by atoms with Crippen molar-refractivity contribution < 1.29 is 19.2 Å². The van der Waals surface area contributed by atoms with E-state index < -0.39 is 16.6 Å². The average Bonchev–Trinajstić information content (AvgIpc) is 2.86. The van der Waals surface area contributed by atoms with Crippen molar-refractivity contribution in [2.45, 2.75) is 39.0 Å². The first-order valence-corrected chi connectivity index (χ1v) is 7.68. The molecule has 3 rings (SSSR count). The minimum Gasteiger partial charge on any atom is -0.480 e. The zero-order valence-electron chi connectivity index (χ0n) is 13.8. The molecule has 2 heterocycles. The second kappa shape index (κ2) is 5.77. The summed E-state index contributed by atoms with van der Waals surface area (Å²) in [6.07, 6.45) is 0.940. The van der Waals surface area contributed by atoms with Crippen molar-refractivity contribution in [1.29, 1.82) is 0 Å². The van der Waals surface area contributed by atoms with E-state index in [-0.39, 0.29) is 17.5 Å². The van der Waals surface area contributed by atoms with Gasteiger partial charge < -0.3 is 14.4 Å². The number of hydrogen-bond acceptors (Lipinski definition) is 6. The Morgan fingerprint density at radius 1 is 1.38 bits per heavy atom. The van der Waals surface area contributed by atoms with Crippen LogP contribution >= 0.6 is 0 Å². The maximum Gasteiger partial charge on any atom is 0.410 e. The molecule has 1 aromatic carbocycles. The van der Waals surface area contributed by atoms with E-state index in [9.17, 15) is 14.9 Å². The van der Waals surface area contributed by atoms with Crippen molar-refractivity contribution in [3.05, 3.63) is 33.4 Å². The molecule has 2 aliphatic heterocycles. The van der Waals surface area contributed by atoms with Gasteiger partial charge in [0.1, 0.15) is 11.7 Å². The maximum absolute atomic E-state index is 11.9. The van der Waals surface area contributed by atoms with Crippen LogP contribution in [0.2, 0.25) is 0 Å². The molecule has 1 fully saturated rings. The fourth-order valence-electron chi connectivity index (χ4n) is 2.53. The molecule has 0 aliphatic carbocycles. The molecule has 8 nitrogen and oxygen atoms in total. The number of aliphatic imine (C=N–C) groups is 1. The summed E-state index contributed by atoms with van der Waals surface area (Å²) in [5, 5.41) is 11.2. The van der Waals surface area contributed by atoms with E-state index in [0.29, 0.717) is 19.6 Å². The third kappa shape index (κ3) is 3.32. The molecule has 1 saturated heterocycles. The molecular weight excluding hydrogens is 314 g/mol. The standard InChI is InChI=1S/C16H19N3O5/c1-16(2,3)24-15(20)18-8-12(9-18)23-14-5-11-7-17-6-10(11)4-13(14)19(21)22/h4-6,12H,7-9H2,1-3H3. The molecule has 24 heavy (non-hydrogen) atoms. The zero-order valence-corrected chi connectivity index (χ0v) is 13.8. The Kier molecular flexibility index (Phi) is 3.90. The van der Waals surface area contributed by atoms with Crippen LogP contribution in [0.5, 0.6) is 5.75 Å². The lowest BCUT2D eigenvalue weighted by Crippen LogP contribution is -2.57. The highest BCUT2D eigenvalue weighted by Crippen LogP contribution is 2.34. The first-order chi connectivity index (χ1) is 11.2. The molecule has 0 unspecified atom stereocenters. The maximum atomic E-state index is 11.9. The first kappa shape index (κ1) is 16.2. The van der Waals surface area contributed by atoms with Crippen molar-refractivity contribution in [2.75, 3.05) is 13.1 Å². The summed E-state index contributed by atoms with van der Waals surface area (Å²) < 4.78 is 11.0. The van der Waals surface area contributed by atoms with Gasteiger partial charge in [-0.3, -0.25) is 15.1 Å².